The first-order chi connectivity index (χ1) is 15.3. The SMILES string of the molecule is CCOC(=O)C1=C(COc2cccc(Cl)c2)N(CC)C(=O)N[C@@H]1c1ccc([N+](=O)[O-])cc1. The van der Waals surface area contributed by atoms with E-state index in [1.54, 1.807) is 38.1 Å². The van der Waals surface area contributed by atoms with Crippen LogP contribution in [-0.2, 0) is 9.53 Å². The van der Waals surface area contributed by atoms with Crippen molar-refractivity contribution in [2.24, 2.45) is 0 Å². The zero-order valence-electron chi connectivity index (χ0n) is 17.5. The van der Waals surface area contributed by atoms with E-state index in [4.69, 9.17) is 21.1 Å². The Morgan fingerprint density at radius 3 is 2.53 bits per heavy atom. The second kappa shape index (κ2) is 10.1. The van der Waals surface area contributed by atoms with Crippen LogP contribution in [0.5, 0.6) is 5.75 Å². The van der Waals surface area contributed by atoms with Crippen LogP contribution < -0.4 is 10.1 Å². The molecule has 0 bridgehead atoms. The zero-order chi connectivity index (χ0) is 23.3. The van der Waals surface area contributed by atoms with Crippen molar-refractivity contribution in [3.63, 3.8) is 0 Å². The Kier molecular flexibility index (Phi) is 7.32. The van der Waals surface area contributed by atoms with Gasteiger partial charge in [-0.05, 0) is 49.7 Å². The van der Waals surface area contributed by atoms with Crippen LogP contribution in [0.2, 0.25) is 5.02 Å². The van der Waals surface area contributed by atoms with Crippen molar-refractivity contribution in [2.45, 2.75) is 19.9 Å². The number of ether oxygens (including phenoxy) is 2. The van der Waals surface area contributed by atoms with E-state index in [1.165, 1.54) is 29.2 Å². The van der Waals surface area contributed by atoms with Gasteiger partial charge in [0.1, 0.15) is 12.4 Å². The van der Waals surface area contributed by atoms with Gasteiger partial charge < -0.3 is 14.8 Å². The normalized spacial score (nSPS) is 15.9. The number of benzene rings is 2. The van der Waals surface area contributed by atoms with E-state index in [1.807, 2.05) is 0 Å². The molecular weight excluding hydrogens is 438 g/mol. The number of carbonyl (C=O) groups excluding carboxylic acids is 2. The predicted octanol–water partition coefficient (Wildman–Crippen LogP) is 4.23. The predicted molar refractivity (Wildman–Crippen MR) is 117 cm³/mol. The van der Waals surface area contributed by atoms with E-state index in [0.29, 0.717) is 22.0 Å². The Hall–Kier alpha value is -3.59. The van der Waals surface area contributed by atoms with Crippen molar-refractivity contribution < 1.29 is 24.0 Å². The lowest BCUT2D eigenvalue weighted by Crippen LogP contribution is -2.49. The first-order valence-electron chi connectivity index (χ1n) is 9.96. The highest BCUT2D eigenvalue weighted by molar-refractivity contribution is 6.30. The average Bonchev–Trinajstić information content (AvgIpc) is 2.77. The van der Waals surface area contributed by atoms with Crippen LogP contribution in [0.1, 0.15) is 25.5 Å². The second-order valence-corrected chi connectivity index (χ2v) is 7.24. The molecule has 10 heteroatoms. The van der Waals surface area contributed by atoms with E-state index in [0.717, 1.165) is 0 Å². The number of nitrogens with one attached hydrogen (secondary N) is 1. The number of rotatable bonds is 8. The highest BCUT2D eigenvalue weighted by Gasteiger charge is 2.38. The highest BCUT2D eigenvalue weighted by Crippen LogP contribution is 2.33. The molecule has 0 radical (unpaired) electrons. The largest absolute Gasteiger partial charge is 0.487 e. The van der Waals surface area contributed by atoms with Crippen LogP contribution in [0.15, 0.2) is 59.8 Å². The molecule has 1 N–H and O–H groups in total. The maximum absolute atomic E-state index is 13.0. The number of esters is 1. The fourth-order valence-corrected chi connectivity index (χ4v) is 3.57. The molecule has 1 aliphatic rings. The van der Waals surface area contributed by atoms with E-state index in [9.17, 15) is 19.7 Å². The number of carbonyl (C=O) groups is 2. The maximum Gasteiger partial charge on any atom is 0.338 e. The van der Waals surface area contributed by atoms with Gasteiger partial charge in [0.2, 0.25) is 0 Å². The topological polar surface area (TPSA) is 111 Å². The van der Waals surface area contributed by atoms with Gasteiger partial charge in [-0.2, -0.15) is 0 Å². The van der Waals surface area contributed by atoms with Gasteiger partial charge in [-0.3, -0.25) is 15.0 Å². The van der Waals surface area contributed by atoms with Gasteiger partial charge in [0.05, 0.1) is 28.8 Å². The summed E-state index contributed by atoms with van der Waals surface area (Å²) in [6.45, 7) is 3.79. The van der Waals surface area contributed by atoms with Crippen molar-refractivity contribution in [1.29, 1.82) is 0 Å². The smallest absolute Gasteiger partial charge is 0.338 e. The van der Waals surface area contributed by atoms with Gasteiger partial charge >= 0.3 is 12.0 Å². The number of nitro groups is 1. The minimum atomic E-state index is -0.858. The molecule has 1 aliphatic heterocycles. The van der Waals surface area contributed by atoms with Gasteiger partial charge in [-0.25, -0.2) is 9.59 Å². The van der Waals surface area contributed by atoms with E-state index in [-0.39, 0.29) is 31.0 Å². The van der Waals surface area contributed by atoms with Crippen molar-refractivity contribution in [3.8, 4) is 5.75 Å². The van der Waals surface area contributed by atoms with E-state index in [2.05, 4.69) is 5.32 Å². The van der Waals surface area contributed by atoms with Crippen LogP contribution in [0.3, 0.4) is 0 Å². The quantitative estimate of drug-likeness (QED) is 0.359. The average molecular weight is 460 g/mol. The molecule has 2 aromatic rings. The molecule has 0 aromatic heterocycles. The number of hydrogen-bond acceptors (Lipinski definition) is 6. The molecule has 1 atom stereocenters. The Bertz CT molecular complexity index is 1050. The summed E-state index contributed by atoms with van der Waals surface area (Å²) in [7, 11) is 0. The Labute approximate surface area is 189 Å². The highest BCUT2D eigenvalue weighted by atomic mass is 35.5. The minimum absolute atomic E-state index is 0.0841. The summed E-state index contributed by atoms with van der Waals surface area (Å²) in [5.74, 6) is -0.138. The van der Waals surface area contributed by atoms with E-state index >= 15 is 0 Å². The van der Waals surface area contributed by atoms with Crippen LogP contribution in [0.25, 0.3) is 0 Å². The number of nitrogens with zero attached hydrogens (tertiary/aromatic N) is 2. The summed E-state index contributed by atoms with van der Waals surface area (Å²) in [5, 5.41) is 14.3. The van der Waals surface area contributed by atoms with Gasteiger partial charge in [0, 0.05) is 23.7 Å². The summed E-state index contributed by atoms with van der Waals surface area (Å²) in [6, 6.07) is 11.1. The second-order valence-electron chi connectivity index (χ2n) is 6.80. The molecule has 3 rings (SSSR count). The third kappa shape index (κ3) is 5.00. The monoisotopic (exact) mass is 459 g/mol. The first-order valence-corrected chi connectivity index (χ1v) is 10.3. The molecule has 2 amide bonds. The fourth-order valence-electron chi connectivity index (χ4n) is 3.39. The van der Waals surface area contributed by atoms with Crippen molar-refractivity contribution in [1.82, 2.24) is 10.2 Å². The molecule has 0 saturated heterocycles. The Morgan fingerprint density at radius 2 is 1.94 bits per heavy atom. The lowest BCUT2D eigenvalue weighted by atomic mass is 9.94. The van der Waals surface area contributed by atoms with Crippen LogP contribution in [0.4, 0.5) is 10.5 Å². The molecule has 2 aromatic carbocycles. The van der Waals surface area contributed by atoms with Crippen LogP contribution >= 0.6 is 11.6 Å². The van der Waals surface area contributed by atoms with Crippen LogP contribution in [0, 0.1) is 10.1 Å². The molecule has 0 spiro atoms. The number of urea groups is 1. The molecule has 168 valence electrons. The maximum atomic E-state index is 13.0. The van der Waals surface area contributed by atoms with Gasteiger partial charge in [-0.15, -0.1) is 0 Å². The summed E-state index contributed by atoms with van der Waals surface area (Å²) < 4.78 is 11.1. The molecule has 1 heterocycles. The van der Waals surface area contributed by atoms with Crippen molar-refractivity contribution in [2.75, 3.05) is 19.8 Å². The standard InChI is InChI=1S/C22H22ClN3O6/c1-3-25-18(13-32-17-7-5-6-15(23)12-17)19(21(27)31-4-2)20(24-22(25)28)14-8-10-16(11-9-14)26(29)30/h5-12,20H,3-4,13H2,1-2H3,(H,24,28)/t20-/m1/s1. The number of hydrogen-bond donors (Lipinski definition) is 1. The van der Waals surface area contributed by atoms with Crippen LogP contribution in [-0.4, -0.2) is 41.6 Å². The first kappa shape index (κ1) is 23.1. The van der Waals surface area contributed by atoms with Crippen molar-refractivity contribution in [3.05, 3.63) is 80.5 Å². The van der Waals surface area contributed by atoms with Gasteiger partial charge in [0.25, 0.3) is 5.69 Å². The Morgan fingerprint density at radius 1 is 1.22 bits per heavy atom. The minimum Gasteiger partial charge on any atom is -0.487 e. The Balaban J connectivity index is 2.06. The number of non-ortho nitro benzene ring substituents is 1. The molecular formula is C22H22ClN3O6. The number of likely N-dealkylation sites (N-methyl/N-ethyl adjacent to an activating group) is 1. The molecule has 0 saturated carbocycles. The molecule has 0 fully saturated rings. The van der Waals surface area contributed by atoms with E-state index < -0.39 is 23.0 Å². The summed E-state index contributed by atoms with van der Waals surface area (Å²) in [4.78, 5) is 37.7. The third-order valence-corrected chi connectivity index (χ3v) is 5.09. The van der Waals surface area contributed by atoms with Gasteiger partial charge in [0.15, 0.2) is 0 Å². The number of amides is 2. The fraction of sp³-hybridized carbons (Fsp3) is 0.273. The molecule has 32 heavy (non-hydrogen) atoms. The molecule has 0 aliphatic carbocycles. The zero-order valence-corrected chi connectivity index (χ0v) is 18.3. The lowest BCUT2D eigenvalue weighted by molar-refractivity contribution is -0.384. The van der Waals surface area contributed by atoms with Crippen molar-refractivity contribution >= 4 is 29.3 Å². The summed E-state index contributed by atoms with van der Waals surface area (Å²) in [6.07, 6.45) is 0. The lowest BCUT2D eigenvalue weighted by Gasteiger charge is -2.36. The molecule has 0 unspecified atom stereocenters. The third-order valence-electron chi connectivity index (χ3n) is 4.86. The number of halogens is 1. The van der Waals surface area contributed by atoms with Gasteiger partial charge in [-0.1, -0.05) is 17.7 Å². The summed E-state index contributed by atoms with van der Waals surface area (Å²) >= 11 is 6.02. The molecule has 9 nitrogen and oxygen atoms in total. The summed E-state index contributed by atoms with van der Waals surface area (Å²) in [5.41, 5.74) is 0.947. The number of nitro benzene ring substituents is 1.